The summed E-state index contributed by atoms with van der Waals surface area (Å²) in [4.78, 5) is 12.1. The highest BCUT2D eigenvalue weighted by molar-refractivity contribution is 7.89. The lowest BCUT2D eigenvalue weighted by molar-refractivity contribution is 0.102. The maximum Gasteiger partial charge on any atom is 0.258 e. The van der Waals surface area contributed by atoms with Gasteiger partial charge < -0.3 is 5.32 Å². The summed E-state index contributed by atoms with van der Waals surface area (Å²) in [6, 6.07) is 4.72. The average molecular weight is 308 g/mol. The molecular weight excluding hydrogens is 292 g/mol. The van der Waals surface area contributed by atoms with E-state index in [-0.39, 0.29) is 10.8 Å². The van der Waals surface area contributed by atoms with Gasteiger partial charge in [0, 0.05) is 18.9 Å². The molecule has 1 amide bonds. The molecule has 1 aromatic heterocycles. The zero-order valence-corrected chi connectivity index (χ0v) is 12.7. The highest BCUT2D eigenvalue weighted by atomic mass is 32.2. The maximum absolute atomic E-state index is 12.0. The molecule has 0 unspecified atom stereocenters. The number of hydrogen-bond acceptors (Lipinski definition) is 4. The zero-order valence-electron chi connectivity index (χ0n) is 11.9. The van der Waals surface area contributed by atoms with Crippen molar-refractivity contribution in [3.05, 3.63) is 41.7 Å². The van der Waals surface area contributed by atoms with Crippen molar-refractivity contribution in [3.63, 3.8) is 0 Å². The number of sulfonamides is 1. The molecule has 0 saturated heterocycles. The predicted octanol–water partition coefficient (Wildman–Crippen LogP) is 0.889. The largest absolute Gasteiger partial charge is 0.322 e. The van der Waals surface area contributed by atoms with Crippen LogP contribution in [0.1, 0.15) is 15.9 Å². The second-order valence-electron chi connectivity index (χ2n) is 4.54. The van der Waals surface area contributed by atoms with E-state index in [2.05, 4.69) is 15.1 Å². The first-order chi connectivity index (χ1) is 9.83. The first-order valence-corrected chi connectivity index (χ1v) is 7.66. The molecule has 2 N–H and O–H groups in total. The molecule has 0 radical (unpaired) electrons. The van der Waals surface area contributed by atoms with Crippen molar-refractivity contribution in [1.29, 1.82) is 0 Å². The van der Waals surface area contributed by atoms with Crippen molar-refractivity contribution in [2.45, 2.75) is 11.8 Å². The molecule has 21 heavy (non-hydrogen) atoms. The molecule has 1 heterocycles. The van der Waals surface area contributed by atoms with Crippen LogP contribution in [0.3, 0.4) is 0 Å². The van der Waals surface area contributed by atoms with E-state index in [0.29, 0.717) is 16.8 Å². The van der Waals surface area contributed by atoms with Crippen LogP contribution in [-0.2, 0) is 17.1 Å². The van der Waals surface area contributed by atoms with Gasteiger partial charge in [-0.05, 0) is 31.7 Å². The number of nitrogens with zero attached hydrogens (tertiary/aromatic N) is 2. The number of nitrogens with one attached hydrogen (secondary N) is 2. The first-order valence-electron chi connectivity index (χ1n) is 6.17. The van der Waals surface area contributed by atoms with Crippen LogP contribution in [0.2, 0.25) is 0 Å². The number of carbonyl (C=O) groups excluding carboxylic acids is 1. The molecule has 0 fully saturated rings. The van der Waals surface area contributed by atoms with Gasteiger partial charge in [0.1, 0.15) is 0 Å². The molecule has 0 aliphatic heterocycles. The molecule has 1 aromatic carbocycles. The second-order valence-corrected chi connectivity index (χ2v) is 6.40. The number of hydrogen-bond donors (Lipinski definition) is 2. The lowest BCUT2D eigenvalue weighted by Gasteiger charge is -2.09. The number of aromatic nitrogens is 2. The van der Waals surface area contributed by atoms with E-state index in [1.54, 1.807) is 32.3 Å². The maximum atomic E-state index is 12.0. The standard InChI is InChI=1S/C13H16N4O3S/c1-9-4-5-11(6-12(9)21(19,20)14-2)16-13(18)10-7-15-17(3)8-10/h4-8,14H,1-3H3,(H,16,18). The second kappa shape index (κ2) is 5.66. The van der Waals surface area contributed by atoms with Crippen LogP contribution in [0.4, 0.5) is 5.69 Å². The average Bonchev–Trinajstić information content (AvgIpc) is 2.87. The third kappa shape index (κ3) is 3.29. The molecule has 2 aromatic rings. The van der Waals surface area contributed by atoms with E-state index in [9.17, 15) is 13.2 Å². The lowest BCUT2D eigenvalue weighted by atomic mass is 10.2. The third-order valence-electron chi connectivity index (χ3n) is 2.97. The number of aryl methyl sites for hydroxylation is 2. The summed E-state index contributed by atoms with van der Waals surface area (Å²) >= 11 is 0. The number of benzene rings is 1. The summed E-state index contributed by atoms with van der Waals surface area (Å²) in [5, 5.41) is 6.56. The minimum atomic E-state index is -3.57. The van der Waals surface area contributed by atoms with Gasteiger partial charge in [-0.25, -0.2) is 13.1 Å². The molecule has 0 saturated carbocycles. The van der Waals surface area contributed by atoms with Gasteiger partial charge in [0.25, 0.3) is 5.91 Å². The Hall–Kier alpha value is -2.19. The lowest BCUT2D eigenvalue weighted by Crippen LogP contribution is -2.20. The Kier molecular flexibility index (Phi) is 4.10. The van der Waals surface area contributed by atoms with E-state index in [0.717, 1.165) is 0 Å². The molecule has 0 aliphatic rings. The molecule has 0 spiro atoms. The van der Waals surface area contributed by atoms with Gasteiger partial charge in [-0.1, -0.05) is 6.07 Å². The van der Waals surface area contributed by atoms with Gasteiger partial charge in [0.2, 0.25) is 10.0 Å². The van der Waals surface area contributed by atoms with Crippen LogP contribution in [-0.4, -0.2) is 31.2 Å². The van der Waals surface area contributed by atoms with Crippen LogP contribution >= 0.6 is 0 Å². The van der Waals surface area contributed by atoms with E-state index < -0.39 is 10.0 Å². The van der Waals surface area contributed by atoms with Crippen molar-refractivity contribution in [2.24, 2.45) is 7.05 Å². The Bertz CT molecular complexity index is 780. The third-order valence-corrected chi connectivity index (χ3v) is 4.53. The summed E-state index contributed by atoms with van der Waals surface area (Å²) in [7, 11) is -0.514. The fourth-order valence-corrected chi connectivity index (χ4v) is 2.81. The van der Waals surface area contributed by atoms with E-state index in [1.807, 2.05) is 0 Å². The number of amides is 1. The fourth-order valence-electron chi connectivity index (χ4n) is 1.82. The topological polar surface area (TPSA) is 93.1 Å². The van der Waals surface area contributed by atoms with Gasteiger partial charge in [-0.15, -0.1) is 0 Å². The molecule has 0 aliphatic carbocycles. The van der Waals surface area contributed by atoms with Gasteiger partial charge in [-0.3, -0.25) is 9.48 Å². The van der Waals surface area contributed by atoms with Crippen LogP contribution in [0.5, 0.6) is 0 Å². The number of carbonyl (C=O) groups is 1. The van der Waals surface area contributed by atoms with Crippen LogP contribution in [0.25, 0.3) is 0 Å². The zero-order chi connectivity index (χ0) is 15.6. The Balaban J connectivity index is 2.30. The van der Waals surface area contributed by atoms with Crippen molar-refractivity contribution in [3.8, 4) is 0 Å². The normalized spacial score (nSPS) is 11.4. The minimum absolute atomic E-state index is 0.133. The van der Waals surface area contributed by atoms with Gasteiger partial charge in [0.15, 0.2) is 0 Å². The van der Waals surface area contributed by atoms with Crippen molar-refractivity contribution >= 4 is 21.6 Å². The molecule has 8 heteroatoms. The quantitative estimate of drug-likeness (QED) is 0.877. The molecule has 7 nitrogen and oxygen atoms in total. The van der Waals surface area contributed by atoms with Gasteiger partial charge in [0.05, 0.1) is 16.7 Å². The Morgan fingerprint density at radius 2 is 2.05 bits per heavy atom. The van der Waals surface area contributed by atoms with Gasteiger partial charge >= 0.3 is 0 Å². The van der Waals surface area contributed by atoms with E-state index >= 15 is 0 Å². The Morgan fingerprint density at radius 3 is 2.62 bits per heavy atom. The Morgan fingerprint density at radius 1 is 1.33 bits per heavy atom. The summed E-state index contributed by atoms with van der Waals surface area (Å²) in [5.74, 6) is -0.347. The monoisotopic (exact) mass is 308 g/mol. The predicted molar refractivity (Wildman–Crippen MR) is 78.6 cm³/mol. The SMILES string of the molecule is CNS(=O)(=O)c1cc(NC(=O)c2cnn(C)c2)ccc1C. The van der Waals surface area contributed by atoms with Gasteiger partial charge in [-0.2, -0.15) is 5.10 Å². The number of rotatable bonds is 4. The fraction of sp³-hybridized carbons (Fsp3) is 0.231. The molecule has 0 atom stereocenters. The molecule has 0 bridgehead atoms. The Labute approximate surface area is 123 Å². The smallest absolute Gasteiger partial charge is 0.258 e. The highest BCUT2D eigenvalue weighted by Gasteiger charge is 2.16. The van der Waals surface area contributed by atoms with E-state index in [1.165, 1.54) is 24.0 Å². The molecule has 112 valence electrons. The van der Waals surface area contributed by atoms with Crippen molar-refractivity contribution < 1.29 is 13.2 Å². The summed E-state index contributed by atoms with van der Waals surface area (Å²) in [5.41, 5.74) is 1.41. The summed E-state index contributed by atoms with van der Waals surface area (Å²) in [6.07, 6.45) is 3.02. The molecular formula is C13H16N4O3S. The summed E-state index contributed by atoms with van der Waals surface area (Å²) < 4.78 is 27.6. The number of anilines is 1. The van der Waals surface area contributed by atoms with Crippen molar-refractivity contribution in [1.82, 2.24) is 14.5 Å². The summed E-state index contributed by atoms with van der Waals surface area (Å²) in [6.45, 7) is 1.69. The minimum Gasteiger partial charge on any atom is -0.322 e. The van der Waals surface area contributed by atoms with Crippen LogP contribution < -0.4 is 10.0 Å². The van der Waals surface area contributed by atoms with Crippen LogP contribution in [0, 0.1) is 6.92 Å². The first kappa shape index (κ1) is 15.2. The van der Waals surface area contributed by atoms with Crippen LogP contribution in [0.15, 0.2) is 35.5 Å². The van der Waals surface area contributed by atoms with Crippen molar-refractivity contribution in [2.75, 3.05) is 12.4 Å². The molecule has 2 rings (SSSR count). The van der Waals surface area contributed by atoms with E-state index in [4.69, 9.17) is 0 Å². The highest BCUT2D eigenvalue weighted by Crippen LogP contribution is 2.20.